The Labute approximate surface area is 172 Å². The maximum absolute atomic E-state index is 11.2. The van der Waals surface area contributed by atoms with Gasteiger partial charge in [-0.1, -0.05) is 26.0 Å². The summed E-state index contributed by atoms with van der Waals surface area (Å²) in [4.78, 5) is 0. The predicted molar refractivity (Wildman–Crippen MR) is 115 cm³/mol. The van der Waals surface area contributed by atoms with Gasteiger partial charge in [0.05, 0.1) is 6.10 Å². The van der Waals surface area contributed by atoms with Gasteiger partial charge >= 0.3 is 0 Å². The molecule has 0 aromatic heterocycles. The Kier molecular flexibility index (Phi) is 4.09. The molecule has 0 saturated heterocycles. The summed E-state index contributed by atoms with van der Waals surface area (Å²) < 4.78 is 0. The molecule has 0 aromatic carbocycles. The van der Waals surface area contributed by atoms with Gasteiger partial charge in [-0.3, -0.25) is 0 Å². The number of hydrogen-bond donors (Lipinski definition) is 3. The number of nitrogens with one attached hydrogen (secondary N) is 2. The quantitative estimate of drug-likeness (QED) is 0.639. The lowest BCUT2D eigenvalue weighted by molar-refractivity contribution is -0.120. The van der Waals surface area contributed by atoms with Crippen molar-refractivity contribution in [3.05, 3.63) is 12.2 Å². The number of aliphatic hydroxyl groups excluding tert-OH is 1. The van der Waals surface area contributed by atoms with E-state index in [1.165, 1.54) is 50.5 Å². The fourth-order valence-electron chi connectivity index (χ4n) is 10.1. The predicted octanol–water partition coefficient (Wildman–Crippen LogP) is 4.12. The van der Waals surface area contributed by atoms with Crippen LogP contribution in [0.2, 0.25) is 0 Å². The van der Waals surface area contributed by atoms with E-state index < -0.39 is 0 Å². The number of aliphatic hydroxyl groups is 1. The lowest BCUT2D eigenvalue weighted by atomic mass is 9.43. The van der Waals surface area contributed by atoms with Crippen molar-refractivity contribution >= 4 is 0 Å². The maximum Gasteiger partial charge on any atom is 0.0594 e. The highest BCUT2D eigenvalue weighted by molar-refractivity contribution is 5.35. The molecule has 3 nitrogen and oxygen atoms in total. The first-order valence-corrected chi connectivity index (χ1v) is 11.9. The molecule has 5 fully saturated rings. The van der Waals surface area contributed by atoms with Crippen LogP contribution in [0.3, 0.4) is 0 Å². The second kappa shape index (κ2) is 5.86. The van der Waals surface area contributed by atoms with E-state index in [-0.39, 0.29) is 16.9 Å². The Morgan fingerprint density at radius 1 is 1.04 bits per heavy atom. The van der Waals surface area contributed by atoms with Crippen LogP contribution in [0.1, 0.15) is 72.1 Å². The smallest absolute Gasteiger partial charge is 0.0594 e. The molecule has 0 aromatic rings. The molecule has 3 N–H and O–H groups in total. The monoisotopic (exact) mass is 386 g/mol. The van der Waals surface area contributed by atoms with Crippen molar-refractivity contribution in [3.63, 3.8) is 0 Å². The van der Waals surface area contributed by atoms with E-state index in [1.54, 1.807) is 0 Å². The summed E-state index contributed by atoms with van der Waals surface area (Å²) in [5, 5.41) is 18.2. The molecule has 10 atom stereocenters. The lowest BCUT2D eigenvalue weighted by Gasteiger charge is -2.61. The van der Waals surface area contributed by atoms with Gasteiger partial charge in [-0.05, 0) is 106 Å². The van der Waals surface area contributed by atoms with Crippen LogP contribution in [-0.4, -0.2) is 37.4 Å². The van der Waals surface area contributed by atoms with Gasteiger partial charge in [0.2, 0.25) is 0 Å². The van der Waals surface area contributed by atoms with Gasteiger partial charge in [0.15, 0.2) is 0 Å². The van der Waals surface area contributed by atoms with Gasteiger partial charge in [0.25, 0.3) is 0 Å². The molecule has 2 spiro atoms. The minimum absolute atomic E-state index is 0.157. The van der Waals surface area contributed by atoms with Crippen molar-refractivity contribution < 1.29 is 5.11 Å². The van der Waals surface area contributed by atoms with E-state index in [1.807, 2.05) is 0 Å². The number of likely N-dealkylation sites (N-methyl/N-ethyl adjacent to an activating group) is 1. The molecule has 0 bridgehead atoms. The maximum atomic E-state index is 11.2. The van der Waals surface area contributed by atoms with Crippen LogP contribution in [0.4, 0.5) is 0 Å². The molecule has 0 radical (unpaired) electrons. The van der Waals surface area contributed by atoms with Crippen LogP contribution >= 0.6 is 0 Å². The van der Waals surface area contributed by atoms with Crippen molar-refractivity contribution in [1.82, 2.24) is 10.6 Å². The van der Waals surface area contributed by atoms with Gasteiger partial charge in [-0.2, -0.15) is 0 Å². The Hall–Kier alpha value is -0.380. The molecule has 0 aliphatic heterocycles. The third-order valence-electron chi connectivity index (χ3n) is 11.6. The molecule has 5 aliphatic rings. The molecule has 5 rings (SSSR count). The first-order valence-electron chi connectivity index (χ1n) is 11.9. The molecule has 5 aliphatic carbocycles. The summed E-state index contributed by atoms with van der Waals surface area (Å²) in [5.74, 6) is 1.90. The first kappa shape index (κ1) is 19.6. The normalized spacial score (nSPS) is 58.4. The zero-order valence-electron chi connectivity index (χ0n) is 18.8. The average Bonchev–Trinajstić information content (AvgIpc) is 3.27. The molecule has 0 heterocycles. The Morgan fingerprint density at radius 2 is 1.79 bits per heavy atom. The minimum atomic E-state index is -0.157. The van der Waals surface area contributed by atoms with Crippen molar-refractivity contribution in [2.45, 2.75) is 90.3 Å². The highest BCUT2D eigenvalue weighted by atomic mass is 16.3. The first-order chi connectivity index (χ1) is 13.2. The molecule has 158 valence electrons. The van der Waals surface area contributed by atoms with Crippen molar-refractivity contribution in [2.75, 3.05) is 14.1 Å². The Morgan fingerprint density at radius 3 is 2.46 bits per heavy atom. The molecular weight excluding hydrogens is 344 g/mol. The summed E-state index contributed by atoms with van der Waals surface area (Å²) in [5.41, 5.74) is 3.12. The third kappa shape index (κ3) is 1.98. The highest BCUT2D eigenvalue weighted by Gasteiger charge is 2.81. The highest BCUT2D eigenvalue weighted by Crippen LogP contribution is 2.87. The molecule has 28 heavy (non-hydrogen) atoms. The second-order valence-electron chi connectivity index (χ2n) is 11.8. The van der Waals surface area contributed by atoms with E-state index in [9.17, 15) is 5.11 Å². The van der Waals surface area contributed by atoms with Crippen LogP contribution < -0.4 is 10.6 Å². The van der Waals surface area contributed by atoms with Crippen molar-refractivity contribution in [3.8, 4) is 0 Å². The zero-order valence-corrected chi connectivity index (χ0v) is 18.8. The van der Waals surface area contributed by atoms with E-state index in [0.29, 0.717) is 28.8 Å². The zero-order chi connectivity index (χ0) is 20.1. The second-order valence-corrected chi connectivity index (χ2v) is 11.8. The third-order valence-corrected chi connectivity index (χ3v) is 11.6. The molecule has 4 unspecified atom stereocenters. The average molecular weight is 387 g/mol. The summed E-state index contributed by atoms with van der Waals surface area (Å²) in [6.45, 7) is 12.0. The van der Waals surface area contributed by atoms with Gasteiger partial charge in [-0.15, -0.1) is 0 Å². The van der Waals surface area contributed by atoms with Crippen LogP contribution in [-0.2, 0) is 0 Å². The van der Waals surface area contributed by atoms with Crippen molar-refractivity contribution in [2.24, 2.45) is 39.4 Å². The van der Waals surface area contributed by atoms with Crippen LogP contribution in [0.15, 0.2) is 12.2 Å². The molecule has 5 saturated carbocycles. The van der Waals surface area contributed by atoms with E-state index in [2.05, 4.69) is 52.1 Å². The SMILES string of the molecule is C=C1C2CC[C@@H]3C4(C)CC(O)[C@@H](C(C)NC)[C@]4(C)CC[C@]34C[C@@]24CC[C@H]1NC. The van der Waals surface area contributed by atoms with Gasteiger partial charge in [0, 0.05) is 18.0 Å². The largest absolute Gasteiger partial charge is 0.393 e. The van der Waals surface area contributed by atoms with Crippen LogP contribution in [0.25, 0.3) is 0 Å². The van der Waals surface area contributed by atoms with Crippen LogP contribution in [0, 0.1) is 39.4 Å². The topological polar surface area (TPSA) is 44.3 Å². The Balaban J connectivity index is 1.51. The van der Waals surface area contributed by atoms with E-state index in [0.717, 1.165) is 18.3 Å². The number of fused-ring (bicyclic) bond motifs is 2. The van der Waals surface area contributed by atoms with Gasteiger partial charge in [0.1, 0.15) is 0 Å². The summed E-state index contributed by atoms with van der Waals surface area (Å²) in [7, 11) is 4.17. The number of hydrogen-bond acceptors (Lipinski definition) is 3. The molecule has 3 heteroatoms. The molecular formula is C25H42N2O. The number of rotatable bonds is 3. The van der Waals surface area contributed by atoms with Gasteiger partial charge in [-0.25, -0.2) is 0 Å². The van der Waals surface area contributed by atoms with Crippen LogP contribution in [0.5, 0.6) is 0 Å². The Bertz CT molecular complexity index is 692. The summed E-state index contributed by atoms with van der Waals surface area (Å²) in [6, 6.07) is 0.912. The lowest BCUT2D eigenvalue weighted by Crippen LogP contribution is -2.56. The minimum Gasteiger partial charge on any atom is -0.393 e. The van der Waals surface area contributed by atoms with E-state index >= 15 is 0 Å². The summed E-state index contributed by atoms with van der Waals surface area (Å²) >= 11 is 0. The molecule has 0 amide bonds. The fourth-order valence-corrected chi connectivity index (χ4v) is 10.1. The van der Waals surface area contributed by atoms with E-state index in [4.69, 9.17) is 0 Å². The summed E-state index contributed by atoms with van der Waals surface area (Å²) in [6.07, 6.45) is 10.3. The van der Waals surface area contributed by atoms with Crippen molar-refractivity contribution in [1.29, 1.82) is 0 Å². The fraction of sp³-hybridized carbons (Fsp3) is 0.920. The van der Waals surface area contributed by atoms with Gasteiger partial charge < -0.3 is 15.7 Å². The standard InChI is InChI=1S/C25H42N2O/c1-15-17-7-8-20-23(4)13-19(28)21(16(2)26-5)22(23,3)11-12-25(20)14-24(17,25)10-9-18(15)27-6/h16-21,26-28H,1,7-14H2,2-6H3/t16?,17?,18-,19?,20-,21-,22+,23?,24+,25+/m1/s1.